The summed E-state index contributed by atoms with van der Waals surface area (Å²) in [4.78, 5) is 26.4. The molecule has 0 radical (unpaired) electrons. The van der Waals surface area contributed by atoms with E-state index in [0.717, 1.165) is 30.6 Å². The zero-order valence-electron chi connectivity index (χ0n) is 15.6. The molecule has 2 unspecified atom stereocenters. The number of hydrogen-bond donors (Lipinski definition) is 2. The van der Waals surface area contributed by atoms with Gasteiger partial charge in [-0.2, -0.15) is 0 Å². The minimum atomic E-state index is -0.290. The summed E-state index contributed by atoms with van der Waals surface area (Å²) in [5, 5.41) is 3.00. The van der Waals surface area contributed by atoms with Crippen LogP contribution in [0.4, 0.5) is 0 Å². The van der Waals surface area contributed by atoms with Gasteiger partial charge in [-0.1, -0.05) is 31.9 Å². The van der Waals surface area contributed by atoms with Crippen LogP contribution in [0.25, 0.3) is 0 Å². The molecule has 1 aliphatic rings. The van der Waals surface area contributed by atoms with Crippen LogP contribution in [0, 0.1) is 5.92 Å². The second-order valence-electron chi connectivity index (χ2n) is 6.61. The van der Waals surface area contributed by atoms with E-state index in [-0.39, 0.29) is 42.6 Å². The molecule has 3 N–H and O–H groups in total. The molecule has 1 aromatic carbocycles. The first kappa shape index (κ1) is 22.3. The number of methoxy groups -OCH3 is 1. The molecular weight excluding hydrogens is 354 g/mol. The summed E-state index contributed by atoms with van der Waals surface area (Å²) in [5.41, 5.74) is 6.76. The van der Waals surface area contributed by atoms with Gasteiger partial charge in [-0.3, -0.25) is 9.59 Å². The zero-order chi connectivity index (χ0) is 18.2. The van der Waals surface area contributed by atoms with Crippen molar-refractivity contribution in [2.45, 2.75) is 45.2 Å². The van der Waals surface area contributed by atoms with Crippen LogP contribution in [0.15, 0.2) is 24.3 Å². The van der Waals surface area contributed by atoms with Crippen molar-refractivity contribution in [1.82, 2.24) is 10.2 Å². The molecule has 1 aliphatic heterocycles. The van der Waals surface area contributed by atoms with Crippen LogP contribution in [0.2, 0.25) is 0 Å². The minimum Gasteiger partial charge on any atom is -0.497 e. The number of carbonyl (C=O) groups excluding carboxylic acids is 2. The van der Waals surface area contributed by atoms with E-state index in [9.17, 15) is 9.59 Å². The van der Waals surface area contributed by atoms with Gasteiger partial charge in [-0.25, -0.2) is 0 Å². The van der Waals surface area contributed by atoms with Crippen LogP contribution in [0.1, 0.15) is 38.2 Å². The molecule has 2 rings (SSSR count). The summed E-state index contributed by atoms with van der Waals surface area (Å²) in [6, 6.07) is 7.63. The Hall–Kier alpha value is -1.79. The highest BCUT2D eigenvalue weighted by atomic mass is 35.5. The van der Waals surface area contributed by atoms with Crippen molar-refractivity contribution in [3.05, 3.63) is 29.8 Å². The zero-order valence-corrected chi connectivity index (χ0v) is 16.4. The van der Waals surface area contributed by atoms with Crippen LogP contribution in [0.3, 0.4) is 0 Å². The Bertz CT molecular complexity index is 580. The molecule has 0 aromatic heterocycles. The van der Waals surface area contributed by atoms with Crippen molar-refractivity contribution in [3.8, 4) is 5.75 Å². The number of carbonyl (C=O) groups is 2. The summed E-state index contributed by atoms with van der Waals surface area (Å²) in [5.74, 6) is 0.459. The second kappa shape index (κ2) is 11.0. The van der Waals surface area contributed by atoms with Crippen molar-refractivity contribution in [2.75, 3.05) is 20.2 Å². The topological polar surface area (TPSA) is 84.7 Å². The van der Waals surface area contributed by atoms with Crippen LogP contribution < -0.4 is 15.8 Å². The van der Waals surface area contributed by atoms with Gasteiger partial charge in [0.25, 0.3) is 0 Å². The number of halogens is 1. The Labute approximate surface area is 161 Å². The molecule has 0 spiro atoms. The van der Waals surface area contributed by atoms with Gasteiger partial charge in [0.05, 0.1) is 13.0 Å². The van der Waals surface area contributed by atoms with E-state index in [4.69, 9.17) is 10.5 Å². The van der Waals surface area contributed by atoms with Gasteiger partial charge in [-0.15, -0.1) is 12.4 Å². The largest absolute Gasteiger partial charge is 0.497 e. The lowest BCUT2D eigenvalue weighted by molar-refractivity contribution is -0.129. The third-order valence-electron chi connectivity index (χ3n) is 4.65. The fraction of sp³-hybridized carbons (Fsp3) is 0.579. The molecule has 6 nitrogen and oxygen atoms in total. The molecule has 2 atom stereocenters. The SMILES string of the molecule is CCCCC(CN)NC(=O)C1CC(=O)N(Cc2ccc(OC)cc2)C1.Cl. The van der Waals surface area contributed by atoms with E-state index in [1.807, 2.05) is 24.3 Å². The van der Waals surface area contributed by atoms with Gasteiger partial charge in [0, 0.05) is 32.1 Å². The molecule has 146 valence electrons. The molecule has 2 amide bonds. The highest BCUT2D eigenvalue weighted by Gasteiger charge is 2.34. The number of nitrogens with one attached hydrogen (secondary N) is 1. The maximum absolute atomic E-state index is 12.4. The van der Waals surface area contributed by atoms with Gasteiger partial charge in [0.2, 0.25) is 11.8 Å². The summed E-state index contributed by atoms with van der Waals surface area (Å²) in [7, 11) is 1.62. The van der Waals surface area contributed by atoms with Crippen molar-refractivity contribution < 1.29 is 14.3 Å². The molecule has 1 aromatic rings. The van der Waals surface area contributed by atoms with E-state index in [2.05, 4.69) is 12.2 Å². The number of benzene rings is 1. The Balaban J connectivity index is 0.00000338. The van der Waals surface area contributed by atoms with Crippen molar-refractivity contribution in [3.63, 3.8) is 0 Å². The average molecular weight is 384 g/mol. The third-order valence-corrected chi connectivity index (χ3v) is 4.65. The average Bonchev–Trinajstić information content (AvgIpc) is 2.99. The monoisotopic (exact) mass is 383 g/mol. The Morgan fingerprint density at radius 1 is 1.38 bits per heavy atom. The molecule has 0 aliphatic carbocycles. The maximum atomic E-state index is 12.4. The van der Waals surface area contributed by atoms with Crippen molar-refractivity contribution in [1.29, 1.82) is 0 Å². The summed E-state index contributed by atoms with van der Waals surface area (Å²) in [6.45, 7) is 3.52. The first-order chi connectivity index (χ1) is 12.1. The van der Waals surface area contributed by atoms with E-state index in [0.29, 0.717) is 19.6 Å². The molecule has 26 heavy (non-hydrogen) atoms. The number of hydrogen-bond acceptors (Lipinski definition) is 4. The molecule has 1 fully saturated rings. The highest BCUT2D eigenvalue weighted by molar-refractivity contribution is 5.89. The maximum Gasteiger partial charge on any atom is 0.225 e. The van der Waals surface area contributed by atoms with Crippen LogP contribution >= 0.6 is 12.4 Å². The van der Waals surface area contributed by atoms with E-state index in [1.54, 1.807) is 12.0 Å². The molecule has 7 heteroatoms. The number of ether oxygens (including phenoxy) is 1. The van der Waals surface area contributed by atoms with Gasteiger partial charge < -0.3 is 20.7 Å². The summed E-state index contributed by atoms with van der Waals surface area (Å²) in [6.07, 6.45) is 3.27. The summed E-state index contributed by atoms with van der Waals surface area (Å²) >= 11 is 0. The first-order valence-corrected chi connectivity index (χ1v) is 8.98. The van der Waals surface area contributed by atoms with Gasteiger partial charge in [-0.05, 0) is 24.1 Å². The van der Waals surface area contributed by atoms with Crippen LogP contribution in [0.5, 0.6) is 5.75 Å². The normalized spacial score (nSPS) is 17.6. The first-order valence-electron chi connectivity index (χ1n) is 8.98. The van der Waals surface area contributed by atoms with Gasteiger partial charge in [0.1, 0.15) is 5.75 Å². The highest BCUT2D eigenvalue weighted by Crippen LogP contribution is 2.21. The number of nitrogens with two attached hydrogens (primary N) is 1. The number of rotatable bonds is 9. The van der Waals surface area contributed by atoms with Crippen molar-refractivity contribution >= 4 is 24.2 Å². The van der Waals surface area contributed by atoms with E-state index >= 15 is 0 Å². The predicted molar refractivity (Wildman–Crippen MR) is 104 cm³/mol. The Morgan fingerprint density at radius 3 is 2.65 bits per heavy atom. The lowest BCUT2D eigenvalue weighted by Crippen LogP contribution is -2.43. The van der Waals surface area contributed by atoms with Gasteiger partial charge >= 0.3 is 0 Å². The molecule has 0 saturated carbocycles. The molecule has 0 bridgehead atoms. The fourth-order valence-electron chi connectivity index (χ4n) is 3.07. The lowest BCUT2D eigenvalue weighted by atomic mass is 10.1. The Morgan fingerprint density at radius 2 is 2.08 bits per heavy atom. The van der Waals surface area contributed by atoms with E-state index in [1.165, 1.54) is 0 Å². The van der Waals surface area contributed by atoms with E-state index < -0.39 is 0 Å². The van der Waals surface area contributed by atoms with Crippen LogP contribution in [-0.4, -0.2) is 43.0 Å². The molecule has 1 saturated heterocycles. The fourth-order valence-corrected chi connectivity index (χ4v) is 3.07. The molecule has 1 heterocycles. The standard InChI is InChI=1S/C19H29N3O3.ClH/c1-3-4-5-16(11-20)21-19(24)15-10-18(23)22(13-15)12-14-6-8-17(25-2)9-7-14;/h6-9,15-16H,3-5,10-13,20H2,1-2H3,(H,21,24);1H. The number of likely N-dealkylation sites (tertiary alicyclic amines) is 1. The third kappa shape index (κ3) is 6.18. The lowest BCUT2D eigenvalue weighted by Gasteiger charge is -2.20. The minimum absolute atomic E-state index is 0. The summed E-state index contributed by atoms with van der Waals surface area (Å²) < 4.78 is 5.14. The molecular formula is C19H30ClN3O3. The van der Waals surface area contributed by atoms with Crippen molar-refractivity contribution in [2.24, 2.45) is 11.7 Å². The number of amides is 2. The second-order valence-corrected chi connectivity index (χ2v) is 6.61. The van der Waals surface area contributed by atoms with Crippen LogP contribution in [-0.2, 0) is 16.1 Å². The number of unbranched alkanes of at least 4 members (excludes halogenated alkanes) is 1. The number of nitrogens with zero attached hydrogens (tertiary/aromatic N) is 1. The quantitative estimate of drug-likeness (QED) is 0.683. The van der Waals surface area contributed by atoms with Gasteiger partial charge in [0.15, 0.2) is 0 Å². The Kier molecular flexibility index (Phi) is 9.44. The smallest absolute Gasteiger partial charge is 0.225 e. The predicted octanol–water partition coefficient (Wildman–Crippen LogP) is 2.10.